The number of carbonyl (C=O) groups excluding carboxylic acids is 1. The number of fused-ring (bicyclic) bond motifs is 1. The van der Waals surface area contributed by atoms with Crippen molar-refractivity contribution in [2.75, 3.05) is 13.7 Å². The van der Waals surface area contributed by atoms with Crippen molar-refractivity contribution < 1.29 is 14.3 Å². The molecule has 1 aromatic heterocycles. The fourth-order valence-corrected chi connectivity index (χ4v) is 4.74. The Balaban J connectivity index is 1.87. The van der Waals surface area contributed by atoms with Crippen LogP contribution < -0.4 is 19.6 Å². The van der Waals surface area contributed by atoms with Gasteiger partial charge in [-0.05, 0) is 43.2 Å². The van der Waals surface area contributed by atoms with Gasteiger partial charge in [0.25, 0.3) is 5.56 Å². The molecule has 3 aromatic rings. The fraction of sp³-hybridized carbons (Fsp3) is 0.192. The van der Waals surface area contributed by atoms with E-state index in [1.165, 1.54) is 11.3 Å². The van der Waals surface area contributed by atoms with E-state index in [-0.39, 0.29) is 12.2 Å². The molecule has 7 heteroatoms. The van der Waals surface area contributed by atoms with Gasteiger partial charge < -0.3 is 9.47 Å². The van der Waals surface area contributed by atoms with Crippen LogP contribution in [0.1, 0.15) is 31.0 Å². The summed E-state index contributed by atoms with van der Waals surface area (Å²) in [5, 5.41) is 0. The number of ether oxygens (including phenoxy) is 2. The number of esters is 1. The van der Waals surface area contributed by atoms with Gasteiger partial charge in [0, 0.05) is 0 Å². The summed E-state index contributed by atoms with van der Waals surface area (Å²) in [6.45, 7) is 3.75. The molecule has 1 atom stereocenters. The molecular weight excluding hydrogens is 436 g/mol. The monoisotopic (exact) mass is 460 g/mol. The van der Waals surface area contributed by atoms with Crippen LogP contribution in [0.2, 0.25) is 0 Å². The third-order valence-electron chi connectivity index (χ3n) is 5.26. The number of allylic oxidation sites excluding steroid dienone is 2. The van der Waals surface area contributed by atoms with E-state index >= 15 is 0 Å². The topological polar surface area (TPSA) is 69.9 Å². The van der Waals surface area contributed by atoms with E-state index in [9.17, 15) is 9.59 Å². The zero-order valence-electron chi connectivity index (χ0n) is 18.6. The van der Waals surface area contributed by atoms with Gasteiger partial charge in [-0.15, -0.1) is 0 Å². The third-order valence-corrected chi connectivity index (χ3v) is 6.26. The summed E-state index contributed by atoms with van der Waals surface area (Å²) in [7, 11) is 1.58. The molecule has 0 radical (unpaired) electrons. The van der Waals surface area contributed by atoms with E-state index in [0.717, 1.165) is 11.1 Å². The molecule has 0 unspecified atom stereocenters. The first-order valence-electron chi connectivity index (χ1n) is 10.6. The number of carbonyl (C=O) groups is 1. The van der Waals surface area contributed by atoms with Crippen LogP contribution in [-0.4, -0.2) is 24.3 Å². The van der Waals surface area contributed by atoms with E-state index in [4.69, 9.17) is 9.47 Å². The molecule has 1 aliphatic heterocycles. The standard InChI is InChI=1S/C26H24N2O4S/c1-4-32-25(30)22-17(2)27-26-28(23(22)19-13-9-14-20(16-19)31-3)24(29)21(33-26)15-8-12-18-10-6-5-7-11-18/h5-16,23H,4H2,1-3H3/b12-8+,21-15+/t23-/m0/s1. The van der Waals surface area contributed by atoms with Crippen LogP contribution >= 0.6 is 11.3 Å². The van der Waals surface area contributed by atoms with Gasteiger partial charge in [-0.25, -0.2) is 9.79 Å². The summed E-state index contributed by atoms with van der Waals surface area (Å²) in [6, 6.07) is 16.6. The molecule has 0 spiro atoms. The Morgan fingerprint density at radius 3 is 2.70 bits per heavy atom. The van der Waals surface area contributed by atoms with Crippen molar-refractivity contribution in [1.82, 2.24) is 4.57 Å². The Hall–Kier alpha value is -3.71. The molecule has 4 rings (SSSR count). The van der Waals surface area contributed by atoms with Gasteiger partial charge in [0.05, 0.1) is 35.6 Å². The number of thiazole rings is 1. The first-order chi connectivity index (χ1) is 16.0. The largest absolute Gasteiger partial charge is 0.497 e. The molecule has 2 aromatic carbocycles. The molecule has 0 amide bonds. The Bertz CT molecular complexity index is 1410. The van der Waals surface area contributed by atoms with Crippen molar-refractivity contribution in [2.24, 2.45) is 4.99 Å². The highest BCUT2D eigenvalue weighted by atomic mass is 32.1. The van der Waals surface area contributed by atoms with Crippen LogP contribution in [0.15, 0.2) is 81.7 Å². The number of rotatable bonds is 6. The van der Waals surface area contributed by atoms with Gasteiger partial charge in [-0.1, -0.05) is 66.0 Å². The van der Waals surface area contributed by atoms with E-state index in [2.05, 4.69) is 4.99 Å². The smallest absolute Gasteiger partial charge is 0.338 e. The zero-order chi connectivity index (χ0) is 23.4. The Morgan fingerprint density at radius 2 is 1.97 bits per heavy atom. The van der Waals surface area contributed by atoms with Crippen LogP contribution in [0.25, 0.3) is 12.2 Å². The van der Waals surface area contributed by atoms with Crippen LogP contribution in [0.3, 0.4) is 0 Å². The summed E-state index contributed by atoms with van der Waals surface area (Å²) < 4.78 is 12.8. The molecule has 6 nitrogen and oxygen atoms in total. The number of benzene rings is 2. The van der Waals surface area contributed by atoms with Gasteiger partial charge in [0.1, 0.15) is 5.75 Å². The first kappa shape index (κ1) is 22.5. The summed E-state index contributed by atoms with van der Waals surface area (Å²) in [4.78, 5) is 31.5. The van der Waals surface area contributed by atoms with Crippen LogP contribution in [0.4, 0.5) is 0 Å². The molecule has 33 heavy (non-hydrogen) atoms. The average Bonchev–Trinajstić information content (AvgIpc) is 3.13. The number of aromatic nitrogens is 1. The normalized spacial score (nSPS) is 16.0. The molecule has 0 N–H and O–H groups in total. The van der Waals surface area contributed by atoms with Crippen molar-refractivity contribution in [3.05, 3.63) is 103 Å². The quantitative estimate of drug-likeness (QED) is 0.528. The zero-order valence-corrected chi connectivity index (χ0v) is 19.5. The number of hydrogen-bond acceptors (Lipinski definition) is 6. The molecule has 0 bridgehead atoms. The maximum Gasteiger partial charge on any atom is 0.338 e. The Kier molecular flexibility index (Phi) is 6.70. The summed E-state index contributed by atoms with van der Waals surface area (Å²) >= 11 is 1.30. The predicted octanol–water partition coefficient (Wildman–Crippen LogP) is 3.47. The van der Waals surface area contributed by atoms with Gasteiger partial charge in [0.15, 0.2) is 4.80 Å². The van der Waals surface area contributed by atoms with Crippen molar-refractivity contribution in [3.8, 4) is 5.75 Å². The summed E-state index contributed by atoms with van der Waals surface area (Å²) in [5.74, 6) is 0.156. The summed E-state index contributed by atoms with van der Waals surface area (Å²) in [5.41, 5.74) is 2.46. The highest BCUT2D eigenvalue weighted by Crippen LogP contribution is 2.32. The lowest BCUT2D eigenvalue weighted by Crippen LogP contribution is -2.39. The van der Waals surface area contributed by atoms with Gasteiger partial charge in [0.2, 0.25) is 0 Å². The van der Waals surface area contributed by atoms with Crippen molar-refractivity contribution in [1.29, 1.82) is 0 Å². The van der Waals surface area contributed by atoms with Gasteiger partial charge >= 0.3 is 5.97 Å². The predicted molar refractivity (Wildman–Crippen MR) is 130 cm³/mol. The van der Waals surface area contributed by atoms with Crippen molar-refractivity contribution in [3.63, 3.8) is 0 Å². The lowest BCUT2D eigenvalue weighted by atomic mass is 9.95. The second-order valence-corrected chi connectivity index (χ2v) is 8.38. The molecule has 2 heterocycles. The molecule has 0 fully saturated rings. The van der Waals surface area contributed by atoms with Crippen LogP contribution in [0.5, 0.6) is 5.75 Å². The maximum absolute atomic E-state index is 13.5. The summed E-state index contributed by atoms with van der Waals surface area (Å²) in [6.07, 6.45) is 5.57. The molecular formula is C26H24N2O4S. The Labute approximate surface area is 195 Å². The average molecular weight is 461 g/mol. The molecule has 0 aliphatic carbocycles. The fourth-order valence-electron chi connectivity index (χ4n) is 3.74. The second kappa shape index (κ2) is 9.83. The highest BCUT2D eigenvalue weighted by molar-refractivity contribution is 7.07. The van der Waals surface area contributed by atoms with E-state index in [0.29, 0.717) is 26.4 Å². The van der Waals surface area contributed by atoms with Gasteiger partial charge in [-0.3, -0.25) is 9.36 Å². The lowest BCUT2D eigenvalue weighted by Gasteiger charge is -2.24. The maximum atomic E-state index is 13.5. The number of hydrogen-bond donors (Lipinski definition) is 0. The van der Waals surface area contributed by atoms with E-state index < -0.39 is 12.0 Å². The first-order valence-corrected chi connectivity index (χ1v) is 11.4. The molecule has 1 aliphatic rings. The second-order valence-electron chi connectivity index (χ2n) is 7.37. The molecule has 0 saturated heterocycles. The Morgan fingerprint density at radius 1 is 1.18 bits per heavy atom. The van der Waals surface area contributed by atoms with Crippen LogP contribution in [0, 0.1) is 0 Å². The molecule has 0 saturated carbocycles. The lowest BCUT2D eigenvalue weighted by molar-refractivity contribution is -0.139. The van der Waals surface area contributed by atoms with Crippen molar-refractivity contribution >= 4 is 29.5 Å². The third kappa shape index (κ3) is 4.59. The van der Waals surface area contributed by atoms with Crippen molar-refractivity contribution in [2.45, 2.75) is 19.9 Å². The minimum atomic E-state index is -0.657. The minimum absolute atomic E-state index is 0.210. The van der Waals surface area contributed by atoms with E-state index in [1.807, 2.05) is 66.7 Å². The highest BCUT2D eigenvalue weighted by Gasteiger charge is 2.33. The SMILES string of the molecule is CCOC(=O)C1=C(C)N=c2s/c(=C/C=C/c3ccccc3)c(=O)n2[C@H]1c1cccc(OC)c1. The molecule has 168 valence electrons. The number of nitrogens with zero attached hydrogens (tertiary/aromatic N) is 2. The van der Waals surface area contributed by atoms with E-state index in [1.54, 1.807) is 31.6 Å². The minimum Gasteiger partial charge on any atom is -0.497 e. The number of methoxy groups -OCH3 is 1. The van der Waals surface area contributed by atoms with Crippen LogP contribution in [-0.2, 0) is 9.53 Å². The van der Waals surface area contributed by atoms with Gasteiger partial charge in [-0.2, -0.15) is 0 Å².